The number of hydrogen-bond acceptors (Lipinski definition) is 1. The summed E-state index contributed by atoms with van der Waals surface area (Å²) in [6.07, 6.45) is 18.4. The van der Waals surface area contributed by atoms with Crippen molar-refractivity contribution in [3.8, 4) is 0 Å². The van der Waals surface area contributed by atoms with Crippen molar-refractivity contribution < 1.29 is 0 Å². The second kappa shape index (κ2) is 19.1. The minimum atomic E-state index is -0.596. The van der Waals surface area contributed by atoms with E-state index in [1.165, 1.54) is 39.0 Å². The van der Waals surface area contributed by atoms with Gasteiger partial charge in [-0.25, -0.2) is 9.98 Å². The molecule has 0 heterocycles. The minimum absolute atomic E-state index is 0.483. The molecule has 0 atom stereocenters. The smallest absolute Gasteiger partial charge is 0.160 e. The SMILES string of the molecule is C=C(/N=C(\N=C(/C)c1cccc(C(C2=CCCC=C2)(C2=CCCC=C2)c2ccccc2)c1)c1c(C)cccc1C)c1cccc(C(c2ccccc2)(c2ccccc2)c2ccccc2)c1. The van der Waals surface area contributed by atoms with Crippen molar-refractivity contribution in [1.82, 2.24) is 0 Å². The van der Waals surface area contributed by atoms with Crippen LogP contribution in [0.3, 0.4) is 0 Å². The Morgan fingerprint density at radius 1 is 0.431 bits per heavy atom. The topological polar surface area (TPSA) is 24.7 Å². The molecule has 0 amide bonds. The van der Waals surface area contributed by atoms with Gasteiger partial charge in [-0.15, -0.1) is 0 Å². The summed E-state index contributed by atoms with van der Waals surface area (Å²) in [6, 6.07) is 67.7. The molecular formula is C63H56N2. The number of aliphatic imine (C=N–C) groups is 2. The lowest BCUT2D eigenvalue weighted by Crippen LogP contribution is -2.33. The Labute approximate surface area is 386 Å². The fraction of sp³-hybridized carbons (Fsp3) is 0.143. The van der Waals surface area contributed by atoms with Crippen LogP contribution in [0.5, 0.6) is 0 Å². The number of benzene rings is 7. The number of hydrogen-bond donors (Lipinski definition) is 0. The Balaban J connectivity index is 1.19. The molecule has 9 rings (SSSR count). The molecule has 0 spiro atoms. The van der Waals surface area contributed by atoms with E-state index in [0.717, 1.165) is 64.8 Å². The third kappa shape index (κ3) is 8.29. The van der Waals surface area contributed by atoms with E-state index in [1.807, 2.05) is 0 Å². The summed E-state index contributed by atoms with van der Waals surface area (Å²) in [7, 11) is 0. The van der Waals surface area contributed by atoms with Crippen molar-refractivity contribution >= 4 is 17.2 Å². The largest absolute Gasteiger partial charge is 0.233 e. The predicted molar refractivity (Wildman–Crippen MR) is 275 cm³/mol. The van der Waals surface area contributed by atoms with Gasteiger partial charge in [0.1, 0.15) is 0 Å². The Bertz CT molecular complexity index is 2850. The lowest BCUT2D eigenvalue weighted by molar-refractivity contribution is 0.717. The van der Waals surface area contributed by atoms with Crippen LogP contribution in [0.4, 0.5) is 0 Å². The summed E-state index contributed by atoms with van der Waals surface area (Å²) in [5.74, 6) is 0.643. The van der Waals surface area contributed by atoms with Gasteiger partial charge in [0.25, 0.3) is 0 Å². The molecule has 7 aromatic rings. The summed E-state index contributed by atoms with van der Waals surface area (Å²) in [6.45, 7) is 11.1. The summed E-state index contributed by atoms with van der Waals surface area (Å²) in [5.41, 5.74) is 15.5. The Morgan fingerprint density at radius 3 is 1.29 bits per heavy atom. The maximum Gasteiger partial charge on any atom is 0.160 e. The summed E-state index contributed by atoms with van der Waals surface area (Å²) >= 11 is 0. The number of nitrogens with zero attached hydrogens (tertiary/aromatic N) is 2. The Morgan fingerprint density at radius 2 is 0.831 bits per heavy atom. The first-order valence-corrected chi connectivity index (χ1v) is 23.0. The average molecular weight is 841 g/mol. The van der Waals surface area contributed by atoms with Crippen LogP contribution >= 0.6 is 0 Å². The molecule has 7 aromatic carbocycles. The number of amidine groups is 1. The molecule has 0 N–H and O–H groups in total. The zero-order chi connectivity index (χ0) is 44.6. The van der Waals surface area contributed by atoms with Crippen LogP contribution in [0.2, 0.25) is 0 Å². The summed E-state index contributed by atoms with van der Waals surface area (Å²) in [5, 5.41) is 0. The highest BCUT2D eigenvalue weighted by Gasteiger charge is 2.41. The van der Waals surface area contributed by atoms with Gasteiger partial charge in [-0.3, -0.25) is 0 Å². The fourth-order valence-electron chi connectivity index (χ4n) is 10.2. The van der Waals surface area contributed by atoms with E-state index in [0.29, 0.717) is 11.5 Å². The first-order valence-electron chi connectivity index (χ1n) is 23.0. The molecule has 0 saturated heterocycles. The van der Waals surface area contributed by atoms with Gasteiger partial charge in [0.15, 0.2) is 5.84 Å². The highest BCUT2D eigenvalue weighted by atomic mass is 14.9. The van der Waals surface area contributed by atoms with Crippen LogP contribution in [-0.2, 0) is 10.8 Å². The molecule has 2 nitrogen and oxygen atoms in total. The second-order valence-corrected chi connectivity index (χ2v) is 17.3. The Hall–Kier alpha value is -7.42. The van der Waals surface area contributed by atoms with Gasteiger partial charge in [0.05, 0.1) is 16.5 Å². The highest BCUT2D eigenvalue weighted by Crippen LogP contribution is 2.49. The van der Waals surface area contributed by atoms with Crippen LogP contribution in [0, 0.1) is 13.8 Å². The van der Waals surface area contributed by atoms with Crippen LogP contribution in [0.25, 0.3) is 5.70 Å². The molecule has 0 bridgehead atoms. The second-order valence-electron chi connectivity index (χ2n) is 17.3. The molecule has 0 saturated carbocycles. The van der Waals surface area contributed by atoms with Crippen molar-refractivity contribution in [3.05, 3.63) is 303 Å². The van der Waals surface area contributed by atoms with Crippen molar-refractivity contribution in [2.75, 3.05) is 0 Å². The first-order chi connectivity index (χ1) is 31.9. The van der Waals surface area contributed by atoms with Crippen LogP contribution in [0.1, 0.15) is 93.8 Å². The Kier molecular flexibility index (Phi) is 12.6. The van der Waals surface area contributed by atoms with Crippen molar-refractivity contribution in [1.29, 1.82) is 0 Å². The minimum Gasteiger partial charge on any atom is -0.233 e. The highest BCUT2D eigenvalue weighted by molar-refractivity contribution is 6.13. The van der Waals surface area contributed by atoms with Gasteiger partial charge in [0, 0.05) is 11.3 Å². The lowest BCUT2D eigenvalue weighted by atomic mass is 9.62. The van der Waals surface area contributed by atoms with E-state index >= 15 is 0 Å². The molecular weight excluding hydrogens is 785 g/mol. The quantitative estimate of drug-likeness (QED) is 0.0665. The van der Waals surface area contributed by atoms with Gasteiger partial charge in [-0.2, -0.15) is 0 Å². The van der Waals surface area contributed by atoms with Gasteiger partial charge < -0.3 is 0 Å². The van der Waals surface area contributed by atoms with E-state index in [2.05, 4.69) is 252 Å². The lowest BCUT2D eigenvalue weighted by Gasteiger charge is -2.40. The predicted octanol–water partition coefficient (Wildman–Crippen LogP) is 15.5. The van der Waals surface area contributed by atoms with E-state index in [9.17, 15) is 0 Å². The molecule has 0 radical (unpaired) electrons. The standard InChI is InChI=1S/C63H56N2/c1-46-26-23-27-47(2)60(46)61(64-48(3)50-28-24-42-58(44-50)62(52-30-11-5-12-31-52,53-32-13-6-14-33-53)54-34-15-7-16-35-54)65-49(4)51-29-25-43-59(45-51)63(55-36-17-8-18-37-55,56-38-19-9-20-39-56)57-40-21-10-22-41-57/h5-8,11-19,21,23-45H,3,9-10,20,22H2,1-2,4H3/b64-61-,65-49+. The van der Waals surface area contributed by atoms with E-state index < -0.39 is 10.8 Å². The van der Waals surface area contributed by atoms with Gasteiger partial charge in [-0.05, 0) is 125 Å². The third-order valence-electron chi connectivity index (χ3n) is 13.2. The summed E-state index contributed by atoms with van der Waals surface area (Å²) in [4.78, 5) is 10.9. The van der Waals surface area contributed by atoms with Crippen LogP contribution in [-0.4, -0.2) is 11.5 Å². The monoisotopic (exact) mass is 840 g/mol. The molecule has 0 fully saturated rings. The fourth-order valence-corrected chi connectivity index (χ4v) is 10.2. The normalized spacial score (nSPS) is 14.4. The first kappa shape index (κ1) is 42.9. The number of aryl methyl sites for hydroxylation is 2. The van der Waals surface area contributed by atoms with Gasteiger partial charge in [-0.1, -0.05) is 219 Å². The molecule has 318 valence electrons. The molecule has 0 unspecified atom stereocenters. The van der Waals surface area contributed by atoms with Crippen molar-refractivity contribution in [3.63, 3.8) is 0 Å². The summed E-state index contributed by atoms with van der Waals surface area (Å²) < 4.78 is 0. The number of allylic oxidation sites excluding steroid dienone is 8. The molecule has 65 heavy (non-hydrogen) atoms. The molecule has 0 aromatic heterocycles. The van der Waals surface area contributed by atoms with Crippen molar-refractivity contribution in [2.45, 2.75) is 57.3 Å². The third-order valence-corrected chi connectivity index (χ3v) is 13.2. The zero-order valence-corrected chi connectivity index (χ0v) is 37.8. The molecule has 2 heteroatoms. The van der Waals surface area contributed by atoms with Crippen molar-refractivity contribution in [2.24, 2.45) is 9.98 Å². The molecule has 0 aliphatic heterocycles. The number of rotatable bonds is 12. The van der Waals surface area contributed by atoms with Gasteiger partial charge >= 0.3 is 0 Å². The maximum atomic E-state index is 5.49. The average Bonchev–Trinajstić information content (AvgIpc) is 3.36. The maximum absolute atomic E-state index is 5.49. The molecule has 2 aliphatic rings. The van der Waals surface area contributed by atoms with E-state index in [4.69, 9.17) is 9.98 Å². The van der Waals surface area contributed by atoms with Crippen LogP contribution < -0.4 is 0 Å². The zero-order valence-electron chi connectivity index (χ0n) is 37.8. The van der Waals surface area contributed by atoms with E-state index in [1.54, 1.807) is 0 Å². The molecule has 2 aliphatic carbocycles. The van der Waals surface area contributed by atoms with E-state index in [-0.39, 0.29) is 0 Å². The van der Waals surface area contributed by atoms with Crippen LogP contribution in [0.15, 0.2) is 252 Å². The van der Waals surface area contributed by atoms with Gasteiger partial charge in [0.2, 0.25) is 0 Å².